The van der Waals surface area contributed by atoms with E-state index >= 15 is 0 Å². The molecule has 2 rings (SSSR count). The summed E-state index contributed by atoms with van der Waals surface area (Å²) in [7, 11) is 0. The fraction of sp³-hybridized carbons (Fsp3) is 0.500. The summed E-state index contributed by atoms with van der Waals surface area (Å²) < 4.78 is 5.59. The van der Waals surface area contributed by atoms with Gasteiger partial charge < -0.3 is 9.64 Å². The maximum atomic E-state index is 12.1. The van der Waals surface area contributed by atoms with Crippen molar-refractivity contribution in [1.82, 2.24) is 9.88 Å². The van der Waals surface area contributed by atoms with E-state index in [1.807, 2.05) is 18.7 Å². The Morgan fingerprint density at radius 2 is 2.12 bits per heavy atom. The van der Waals surface area contributed by atoms with E-state index < -0.39 is 0 Å². The van der Waals surface area contributed by atoms with Crippen LogP contribution in [0.1, 0.15) is 24.2 Å². The molecule has 1 aromatic rings. The van der Waals surface area contributed by atoms with E-state index in [-0.39, 0.29) is 18.1 Å². The van der Waals surface area contributed by atoms with E-state index in [9.17, 15) is 4.79 Å². The Morgan fingerprint density at radius 3 is 2.69 bits per heavy atom. The van der Waals surface area contributed by atoms with Gasteiger partial charge in [0, 0.05) is 25.5 Å². The van der Waals surface area contributed by atoms with Crippen molar-refractivity contribution < 1.29 is 9.53 Å². The van der Waals surface area contributed by atoms with Crippen molar-refractivity contribution in [3.8, 4) is 0 Å². The van der Waals surface area contributed by atoms with Crippen LogP contribution in [0, 0.1) is 0 Å². The van der Waals surface area contributed by atoms with Gasteiger partial charge in [0.05, 0.1) is 17.8 Å². The molecule has 1 saturated heterocycles. The SMILES string of the molecule is C[C@@H]1CN(C(=O)c2cccnc2)C[C@@H](C)O1. The quantitative estimate of drug-likeness (QED) is 0.717. The highest BCUT2D eigenvalue weighted by Gasteiger charge is 2.26. The van der Waals surface area contributed by atoms with E-state index in [0.717, 1.165) is 0 Å². The van der Waals surface area contributed by atoms with Crippen molar-refractivity contribution in [2.45, 2.75) is 26.1 Å². The van der Waals surface area contributed by atoms with Crippen LogP contribution >= 0.6 is 0 Å². The predicted octanol–water partition coefficient (Wildman–Crippen LogP) is 1.33. The Morgan fingerprint density at radius 1 is 1.44 bits per heavy atom. The monoisotopic (exact) mass is 220 g/mol. The average molecular weight is 220 g/mol. The Hall–Kier alpha value is -1.42. The predicted molar refractivity (Wildman–Crippen MR) is 60.1 cm³/mol. The Balaban J connectivity index is 2.10. The van der Waals surface area contributed by atoms with Crippen LogP contribution in [0.5, 0.6) is 0 Å². The topological polar surface area (TPSA) is 42.4 Å². The number of aromatic nitrogens is 1. The molecule has 86 valence electrons. The number of amides is 1. The lowest BCUT2D eigenvalue weighted by Gasteiger charge is -2.35. The first kappa shape index (κ1) is 11.1. The second-order valence-electron chi connectivity index (χ2n) is 4.21. The number of carbonyl (C=O) groups is 1. The molecular formula is C12H16N2O2. The molecule has 16 heavy (non-hydrogen) atoms. The number of hydrogen-bond acceptors (Lipinski definition) is 3. The van der Waals surface area contributed by atoms with E-state index in [4.69, 9.17) is 4.74 Å². The molecule has 1 aromatic heterocycles. The molecule has 0 saturated carbocycles. The van der Waals surface area contributed by atoms with Gasteiger partial charge in [-0.05, 0) is 26.0 Å². The lowest BCUT2D eigenvalue weighted by molar-refractivity contribution is -0.0586. The van der Waals surface area contributed by atoms with E-state index in [1.165, 1.54) is 0 Å². The fourth-order valence-electron chi connectivity index (χ4n) is 2.02. The summed E-state index contributed by atoms with van der Waals surface area (Å²) in [4.78, 5) is 17.9. The van der Waals surface area contributed by atoms with Gasteiger partial charge in [0.15, 0.2) is 0 Å². The molecule has 1 fully saturated rings. The summed E-state index contributed by atoms with van der Waals surface area (Å²) >= 11 is 0. The van der Waals surface area contributed by atoms with Crippen molar-refractivity contribution in [1.29, 1.82) is 0 Å². The van der Waals surface area contributed by atoms with Gasteiger partial charge in [-0.2, -0.15) is 0 Å². The molecule has 0 unspecified atom stereocenters. The molecule has 0 aliphatic carbocycles. The summed E-state index contributed by atoms with van der Waals surface area (Å²) in [5, 5.41) is 0. The summed E-state index contributed by atoms with van der Waals surface area (Å²) in [6, 6.07) is 3.57. The first-order chi connectivity index (χ1) is 7.66. The van der Waals surface area contributed by atoms with Gasteiger partial charge in [0.2, 0.25) is 0 Å². The molecule has 1 amide bonds. The molecule has 0 N–H and O–H groups in total. The zero-order valence-electron chi connectivity index (χ0n) is 9.59. The van der Waals surface area contributed by atoms with Crippen LogP contribution in [0.3, 0.4) is 0 Å². The van der Waals surface area contributed by atoms with E-state index in [0.29, 0.717) is 18.7 Å². The van der Waals surface area contributed by atoms with Gasteiger partial charge in [-0.15, -0.1) is 0 Å². The lowest BCUT2D eigenvalue weighted by atomic mass is 10.2. The van der Waals surface area contributed by atoms with Gasteiger partial charge in [-0.1, -0.05) is 0 Å². The molecule has 2 atom stereocenters. The first-order valence-electron chi connectivity index (χ1n) is 5.51. The zero-order valence-corrected chi connectivity index (χ0v) is 9.59. The van der Waals surface area contributed by atoms with Crippen LogP contribution in [0.4, 0.5) is 0 Å². The molecule has 1 aliphatic rings. The van der Waals surface area contributed by atoms with Gasteiger partial charge in [-0.3, -0.25) is 9.78 Å². The third kappa shape index (κ3) is 2.39. The smallest absolute Gasteiger partial charge is 0.255 e. The summed E-state index contributed by atoms with van der Waals surface area (Å²) in [5.74, 6) is 0.0371. The summed E-state index contributed by atoms with van der Waals surface area (Å²) in [6.45, 7) is 5.27. The second-order valence-corrected chi connectivity index (χ2v) is 4.21. The molecule has 0 spiro atoms. The minimum absolute atomic E-state index is 0.0371. The van der Waals surface area contributed by atoms with Crippen molar-refractivity contribution in [2.24, 2.45) is 0 Å². The van der Waals surface area contributed by atoms with Crippen LogP contribution < -0.4 is 0 Å². The molecule has 0 bridgehead atoms. The average Bonchev–Trinajstić information content (AvgIpc) is 2.28. The number of nitrogens with zero attached hydrogens (tertiary/aromatic N) is 2. The van der Waals surface area contributed by atoms with Crippen molar-refractivity contribution in [3.05, 3.63) is 30.1 Å². The van der Waals surface area contributed by atoms with Crippen LogP contribution in [-0.2, 0) is 4.74 Å². The van der Waals surface area contributed by atoms with Crippen LogP contribution in [0.15, 0.2) is 24.5 Å². The number of rotatable bonds is 1. The summed E-state index contributed by atoms with van der Waals surface area (Å²) in [6.07, 6.45) is 3.47. The lowest BCUT2D eigenvalue weighted by Crippen LogP contribution is -2.48. The highest BCUT2D eigenvalue weighted by atomic mass is 16.5. The Kier molecular flexibility index (Phi) is 3.19. The number of morpholine rings is 1. The molecule has 0 radical (unpaired) electrons. The van der Waals surface area contributed by atoms with Gasteiger partial charge >= 0.3 is 0 Å². The van der Waals surface area contributed by atoms with Crippen LogP contribution in [-0.4, -0.2) is 41.1 Å². The molecule has 4 heteroatoms. The first-order valence-corrected chi connectivity index (χ1v) is 5.51. The number of ether oxygens (including phenoxy) is 1. The van der Waals surface area contributed by atoms with E-state index in [1.54, 1.807) is 24.5 Å². The van der Waals surface area contributed by atoms with Crippen molar-refractivity contribution in [2.75, 3.05) is 13.1 Å². The molecule has 0 aromatic carbocycles. The maximum Gasteiger partial charge on any atom is 0.255 e. The highest BCUT2D eigenvalue weighted by molar-refractivity contribution is 5.93. The minimum Gasteiger partial charge on any atom is -0.372 e. The van der Waals surface area contributed by atoms with Crippen LogP contribution in [0.2, 0.25) is 0 Å². The fourth-order valence-corrected chi connectivity index (χ4v) is 2.02. The zero-order chi connectivity index (χ0) is 11.5. The number of pyridine rings is 1. The van der Waals surface area contributed by atoms with Gasteiger partial charge in [-0.25, -0.2) is 0 Å². The third-order valence-corrected chi connectivity index (χ3v) is 2.62. The maximum absolute atomic E-state index is 12.1. The highest BCUT2D eigenvalue weighted by Crippen LogP contribution is 2.13. The number of carbonyl (C=O) groups excluding carboxylic acids is 1. The molecule has 4 nitrogen and oxygen atoms in total. The molecule has 1 aliphatic heterocycles. The Labute approximate surface area is 95.2 Å². The molecular weight excluding hydrogens is 204 g/mol. The van der Waals surface area contributed by atoms with Crippen molar-refractivity contribution in [3.63, 3.8) is 0 Å². The third-order valence-electron chi connectivity index (χ3n) is 2.62. The largest absolute Gasteiger partial charge is 0.372 e. The van der Waals surface area contributed by atoms with Crippen LogP contribution in [0.25, 0.3) is 0 Å². The number of hydrogen-bond donors (Lipinski definition) is 0. The van der Waals surface area contributed by atoms with Gasteiger partial charge in [0.25, 0.3) is 5.91 Å². The minimum atomic E-state index is 0.0371. The normalized spacial score (nSPS) is 25.5. The summed E-state index contributed by atoms with van der Waals surface area (Å²) in [5.41, 5.74) is 0.642. The van der Waals surface area contributed by atoms with Gasteiger partial charge in [0.1, 0.15) is 0 Å². The standard InChI is InChI=1S/C12H16N2O2/c1-9-7-14(8-10(2)16-9)12(15)11-4-3-5-13-6-11/h3-6,9-10H,7-8H2,1-2H3/t9-,10-/m1/s1. The molecule has 2 heterocycles. The Bertz CT molecular complexity index is 357. The van der Waals surface area contributed by atoms with Crippen molar-refractivity contribution >= 4 is 5.91 Å². The van der Waals surface area contributed by atoms with E-state index in [2.05, 4.69) is 4.98 Å². The second kappa shape index (κ2) is 4.61.